The van der Waals surface area contributed by atoms with Crippen LogP contribution in [0.2, 0.25) is 4.47 Å². The molecule has 35 nitrogen and oxygen atoms in total. The van der Waals surface area contributed by atoms with Crippen molar-refractivity contribution in [1.29, 1.82) is 0 Å². The molecule has 0 aromatic heterocycles. The first-order chi connectivity index (χ1) is 40.1. The Morgan fingerprint density at radius 3 is 0.619 bits per heavy atom. The Balaban J connectivity index is 1.02. The van der Waals surface area contributed by atoms with E-state index in [9.17, 15) is 107 Å². The van der Waals surface area contributed by atoms with Crippen LogP contribution in [0.25, 0.3) is 0 Å². The van der Waals surface area contributed by atoms with Crippen LogP contribution in [0.3, 0.4) is 0 Å². The Kier molecular flexibility index (Phi) is 22.9. The van der Waals surface area contributed by atoms with Crippen molar-refractivity contribution >= 4 is 24.5 Å². The monoisotopic (exact) mass is 1340 g/mol. The molecule has 21 heterocycles. The van der Waals surface area contributed by atoms with Gasteiger partial charge in [0.05, 0.1) is 26.4 Å². The zero-order chi connectivity index (χ0) is 60.7. The molecule has 21 aliphatic heterocycles. The minimum atomic E-state index is -2.21. The molecular formula is C48H74O35Te. The van der Waals surface area contributed by atoms with Gasteiger partial charge in [0.25, 0.3) is 0 Å². The molecule has 35 atom stereocenters. The molecule has 482 valence electrons. The predicted octanol–water partition coefficient (Wildman–Crippen LogP) is -14.1. The summed E-state index contributed by atoms with van der Waals surface area (Å²) in [5.41, 5.74) is 0. The summed E-state index contributed by atoms with van der Waals surface area (Å²) in [7, 11) is 0. The fraction of sp³-hybridized carbons (Fsp3) is 0.875. The van der Waals surface area contributed by atoms with E-state index in [4.69, 9.17) is 66.3 Å². The van der Waals surface area contributed by atoms with Gasteiger partial charge in [0, 0.05) is 0 Å². The van der Waals surface area contributed by atoms with Crippen molar-refractivity contribution in [1.82, 2.24) is 0 Å². The van der Waals surface area contributed by atoms with E-state index in [1.165, 1.54) is 12.1 Å². The second kappa shape index (κ2) is 28.7. The first-order valence-electron chi connectivity index (χ1n) is 26.8. The Bertz CT molecular complexity index is 2180. The van der Waals surface area contributed by atoms with Crippen molar-refractivity contribution < 1.29 is 174 Å². The summed E-state index contributed by atoms with van der Waals surface area (Å²) >= 11 is -1.41. The average Bonchev–Trinajstić information content (AvgIpc) is 2.68. The molecular weight excluding hydrogens is 1260 g/mol. The molecule has 21 N–H and O–H groups in total. The van der Waals surface area contributed by atoms with E-state index < -0.39 is 276 Å². The van der Waals surface area contributed by atoms with E-state index in [0.29, 0.717) is 3.61 Å². The van der Waals surface area contributed by atoms with Gasteiger partial charge in [0.1, 0.15) is 61.0 Å². The number of hydrogen-bond donors (Lipinski definition) is 21. The van der Waals surface area contributed by atoms with Gasteiger partial charge in [-0.25, -0.2) is 0 Å². The van der Waals surface area contributed by atoms with Crippen molar-refractivity contribution in [3.8, 4) is 5.75 Å². The summed E-state index contributed by atoms with van der Waals surface area (Å²) in [6.07, 6.45) is -69.2. The van der Waals surface area contributed by atoms with Crippen molar-refractivity contribution in [2.24, 2.45) is 0 Å². The summed E-state index contributed by atoms with van der Waals surface area (Å²) in [6.45, 7) is -6.23. The van der Waals surface area contributed by atoms with Gasteiger partial charge in [-0.15, -0.1) is 0 Å². The Hall–Kier alpha value is -1.55. The number of phenolic OH excluding ortho intramolecular Hbond substituents is 1. The maximum absolute atomic E-state index is 11.8. The van der Waals surface area contributed by atoms with Crippen LogP contribution in [0.5, 0.6) is 5.75 Å². The standard InChI is InChI=1S/C48H74O35Te/c49-5-14-35-22(57)29(64)43(71-14)79-37-16(7-51)73-45(31(66)24(37)59)81-39-18(9-53)75-47(33(68)26(39)61)83-41-20(11-84-13-3-1-12(55)2-4-13)76-48(34(69)27(41)62)82-40-19(10-54)74-46(32(67)25(40)60)80-38-17(8-52)72-44(30(65)23(38)58)78-36-15(6-50)70-42(77-35)28(63)21(36)56/h1-4,14-69H,5-11H2/t14?,15?,16?,17?,18?,19?,20?,21?,22?,23?,24?,25?,26?,27?,28?,29?,30?,31?,32?,33?,34?,35-,36-,37-,38-,39-,40-,41-,42+,43-,44-,45-,46-,47-,48-/m1/s1. The van der Waals surface area contributed by atoms with E-state index in [2.05, 4.69) is 0 Å². The molecule has 0 spiro atoms. The molecule has 0 saturated carbocycles. The number of aliphatic hydroxyl groups is 20. The van der Waals surface area contributed by atoms with Gasteiger partial charge < -0.3 is 84.6 Å². The summed E-state index contributed by atoms with van der Waals surface area (Å²) in [6, 6.07) is 6.03. The van der Waals surface area contributed by atoms with Gasteiger partial charge in [-0.2, -0.15) is 0 Å². The molecule has 1 aromatic carbocycles. The second-order valence-electron chi connectivity index (χ2n) is 21.3. The van der Waals surface area contributed by atoms with Gasteiger partial charge in [0.2, 0.25) is 0 Å². The van der Waals surface area contributed by atoms with E-state index in [0.717, 1.165) is 0 Å². The normalized spacial score (nSPS) is 51.7. The fourth-order valence-corrected chi connectivity index (χ4v) is 13.8. The van der Waals surface area contributed by atoms with Crippen LogP contribution in [0.1, 0.15) is 0 Å². The van der Waals surface area contributed by atoms with E-state index in [-0.39, 0.29) is 10.2 Å². The third kappa shape index (κ3) is 13.6. The van der Waals surface area contributed by atoms with Gasteiger partial charge in [0.15, 0.2) is 18.9 Å². The Labute approximate surface area is 485 Å². The quantitative estimate of drug-likeness (QED) is 0.102. The van der Waals surface area contributed by atoms with Crippen LogP contribution < -0.4 is 3.61 Å². The molecule has 21 unspecified atom stereocenters. The Morgan fingerprint density at radius 2 is 0.429 bits per heavy atom. The molecule has 84 heavy (non-hydrogen) atoms. The molecule has 1 aromatic rings. The van der Waals surface area contributed by atoms with Crippen molar-refractivity contribution in [3.63, 3.8) is 0 Å². The molecule has 14 bridgehead atoms. The van der Waals surface area contributed by atoms with Crippen molar-refractivity contribution in [3.05, 3.63) is 24.3 Å². The summed E-state index contributed by atoms with van der Waals surface area (Å²) in [5.74, 6) is -0.0546. The van der Waals surface area contributed by atoms with Crippen LogP contribution in [0, 0.1) is 0 Å². The van der Waals surface area contributed by atoms with Crippen LogP contribution >= 0.6 is 0 Å². The SMILES string of the molecule is OCC1O[C@@H]2O[C@@H]3C(C[Te]c4ccc(O)cc4)O[C@H](O[C@@H]4C(CO)O[C@H](O[C@@H]5C(CO)O[C@H](O[C@@H]6C(CO)O[C@@H](O[C@@H]7C(CO)O[C@H](O[C@@H]8C(CO)O[C@H](O[C@H]1C(O)C2O)C(O)C8O)C(O)C7O)C(O)C6O)C(O)C5O)C(O)C4O)C(O)C3O. The van der Waals surface area contributed by atoms with Crippen molar-refractivity contribution in [2.45, 2.75) is 219 Å². The number of ether oxygens (including phenoxy) is 14. The molecule has 21 saturated heterocycles. The maximum atomic E-state index is 11.8. The number of hydrogen-bond acceptors (Lipinski definition) is 35. The van der Waals surface area contributed by atoms with Crippen LogP contribution in [-0.4, -0.2) is 383 Å². The number of aliphatic hydroxyl groups excluding tert-OH is 20. The number of rotatable bonds is 9. The van der Waals surface area contributed by atoms with Crippen LogP contribution in [-0.2, 0) is 66.3 Å². The van der Waals surface area contributed by atoms with E-state index >= 15 is 0 Å². The Morgan fingerprint density at radius 1 is 0.250 bits per heavy atom. The average molecular weight is 1340 g/mol. The summed E-state index contributed by atoms with van der Waals surface area (Å²) < 4.78 is 82.1. The molecule has 22 rings (SSSR count). The molecule has 21 fully saturated rings. The molecule has 0 amide bonds. The number of benzene rings is 1. The molecule has 0 radical (unpaired) electrons. The second-order valence-corrected chi connectivity index (χ2v) is 24.4. The van der Waals surface area contributed by atoms with Gasteiger partial charge in [-0.1, -0.05) is 0 Å². The number of aromatic hydroxyl groups is 1. The predicted molar refractivity (Wildman–Crippen MR) is 260 cm³/mol. The summed E-state index contributed by atoms with van der Waals surface area (Å²) in [5, 5.41) is 233. The van der Waals surface area contributed by atoms with Gasteiger partial charge >= 0.3 is 296 Å². The number of phenols is 1. The topological polar surface area (TPSA) is 554 Å². The molecule has 21 aliphatic rings. The van der Waals surface area contributed by atoms with Gasteiger partial charge in [-0.05, 0) is 0 Å². The van der Waals surface area contributed by atoms with E-state index in [1.54, 1.807) is 12.1 Å². The molecule has 0 aliphatic carbocycles. The molecule has 36 heteroatoms. The third-order valence-corrected chi connectivity index (χ3v) is 19.0. The van der Waals surface area contributed by atoms with Crippen LogP contribution in [0.15, 0.2) is 24.3 Å². The zero-order valence-corrected chi connectivity index (χ0v) is 46.3. The van der Waals surface area contributed by atoms with Crippen molar-refractivity contribution in [2.75, 3.05) is 39.6 Å². The summed E-state index contributed by atoms with van der Waals surface area (Å²) in [4.78, 5) is 0. The minimum absolute atomic E-state index is 0.00924. The van der Waals surface area contributed by atoms with E-state index in [1.807, 2.05) is 0 Å². The first-order valence-corrected chi connectivity index (χ1v) is 29.7. The first kappa shape index (κ1) is 66.9. The zero-order valence-electron chi connectivity index (χ0n) is 44.0. The third-order valence-electron chi connectivity index (χ3n) is 15.9. The fourth-order valence-electron chi connectivity index (χ4n) is 11.1. The van der Waals surface area contributed by atoms with Gasteiger partial charge in [-0.3, -0.25) is 0 Å². The van der Waals surface area contributed by atoms with Crippen LogP contribution in [0.4, 0.5) is 0 Å².